The first-order valence-electron chi connectivity index (χ1n) is 5.63. The number of hydrogen-bond acceptors (Lipinski definition) is 2. The molecule has 0 radical (unpaired) electrons. The maximum absolute atomic E-state index is 5.36. The molecule has 13 heavy (non-hydrogen) atoms. The van der Waals surface area contributed by atoms with Crippen LogP contribution in [-0.2, 0) is 9.47 Å². The van der Waals surface area contributed by atoms with Crippen LogP contribution in [0, 0.1) is 0 Å². The lowest BCUT2D eigenvalue weighted by molar-refractivity contribution is 0.0440. The van der Waals surface area contributed by atoms with Crippen LogP contribution in [0.15, 0.2) is 0 Å². The summed E-state index contributed by atoms with van der Waals surface area (Å²) in [7, 11) is 0. The Hall–Kier alpha value is -0.0800. The van der Waals surface area contributed by atoms with E-state index in [4.69, 9.17) is 9.47 Å². The highest BCUT2D eigenvalue weighted by Gasteiger charge is 2.14. The maximum Gasteiger partial charge on any atom is 0.147 e. The molecule has 1 heterocycles. The van der Waals surface area contributed by atoms with Crippen LogP contribution in [0.2, 0.25) is 0 Å². The van der Waals surface area contributed by atoms with E-state index in [1.807, 2.05) is 0 Å². The van der Waals surface area contributed by atoms with Crippen LogP contribution < -0.4 is 0 Å². The third-order valence-electron chi connectivity index (χ3n) is 2.57. The van der Waals surface area contributed by atoms with Gasteiger partial charge in [-0.2, -0.15) is 0 Å². The van der Waals surface area contributed by atoms with E-state index in [2.05, 4.69) is 6.92 Å². The summed E-state index contributed by atoms with van der Waals surface area (Å²) in [4.78, 5) is 0. The van der Waals surface area contributed by atoms with Gasteiger partial charge < -0.3 is 9.47 Å². The van der Waals surface area contributed by atoms with Crippen molar-refractivity contribution in [1.29, 1.82) is 0 Å². The Morgan fingerprint density at radius 1 is 1.08 bits per heavy atom. The summed E-state index contributed by atoms with van der Waals surface area (Å²) >= 11 is 0. The van der Waals surface area contributed by atoms with E-state index in [1.54, 1.807) is 0 Å². The zero-order valence-electron chi connectivity index (χ0n) is 8.76. The van der Waals surface area contributed by atoms with E-state index in [0.717, 1.165) is 6.61 Å². The third kappa shape index (κ3) is 5.27. The fourth-order valence-corrected chi connectivity index (χ4v) is 1.69. The molecule has 0 aliphatic carbocycles. The van der Waals surface area contributed by atoms with Crippen molar-refractivity contribution in [2.24, 2.45) is 0 Å². The highest BCUT2D eigenvalue weighted by atomic mass is 16.7. The highest BCUT2D eigenvalue weighted by molar-refractivity contribution is 4.59. The van der Waals surface area contributed by atoms with Gasteiger partial charge in [-0.3, -0.25) is 0 Å². The van der Waals surface area contributed by atoms with Crippen molar-refractivity contribution in [1.82, 2.24) is 0 Å². The summed E-state index contributed by atoms with van der Waals surface area (Å²) in [6.07, 6.45) is 9.76. The van der Waals surface area contributed by atoms with Gasteiger partial charge in [-0.05, 0) is 6.42 Å². The topological polar surface area (TPSA) is 18.5 Å². The molecule has 0 aromatic rings. The molecule has 0 bridgehead atoms. The molecular formula is C11H22O2. The Balaban J connectivity index is 1.78. The second-order valence-corrected chi connectivity index (χ2v) is 3.83. The Morgan fingerprint density at radius 2 is 1.85 bits per heavy atom. The van der Waals surface area contributed by atoms with Crippen molar-refractivity contribution in [2.45, 2.75) is 58.0 Å². The number of hydrogen-bond donors (Lipinski definition) is 0. The third-order valence-corrected chi connectivity index (χ3v) is 2.57. The van der Waals surface area contributed by atoms with Crippen molar-refractivity contribution in [3.63, 3.8) is 0 Å². The minimum Gasteiger partial charge on any atom is -0.353 e. The second-order valence-electron chi connectivity index (χ2n) is 3.83. The van der Waals surface area contributed by atoms with Crippen molar-refractivity contribution < 1.29 is 9.47 Å². The number of ether oxygens (including phenoxy) is 2. The van der Waals surface area contributed by atoms with E-state index in [0.29, 0.717) is 12.9 Å². The Morgan fingerprint density at radius 3 is 2.54 bits per heavy atom. The summed E-state index contributed by atoms with van der Waals surface area (Å²) in [5, 5.41) is 0. The average molecular weight is 186 g/mol. The van der Waals surface area contributed by atoms with Gasteiger partial charge in [0.1, 0.15) is 6.79 Å². The van der Waals surface area contributed by atoms with Crippen molar-refractivity contribution in [2.75, 3.05) is 13.4 Å². The lowest BCUT2D eigenvalue weighted by Crippen LogP contribution is -2.08. The fourth-order valence-electron chi connectivity index (χ4n) is 1.69. The Bertz CT molecular complexity index is 109. The SMILES string of the molecule is CCCCCCCCC1COCO1. The summed E-state index contributed by atoms with van der Waals surface area (Å²) in [5.41, 5.74) is 0. The van der Waals surface area contributed by atoms with E-state index in [1.165, 1.54) is 44.9 Å². The quantitative estimate of drug-likeness (QED) is 0.569. The fraction of sp³-hybridized carbons (Fsp3) is 1.00. The van der Waals surface area contributed by atoms with Gasteiger partial charge in [0.05, 0.1) is 12.7 Å². The van der Waals surface area contributed by atoms with Crippen LogP contribution in [-0.4, -0.2) is 19.5 Å². The predicted octanol–water partition coefficient (Wildman–Crippen LogP) is 3.11. The van der Waals surface area contributed by atoms with Gasteiger partial charge in [-0.25, -0.2) is 0 Å². The van der Waals surface area contributed by atoms with Gasteiger partial charge in [0.25, 0.3) is 0 Å². The Kier molecular flexibility index (Phi) is 6.21. The van der Waals surface area contributed by atoms with Gasteiger partial charge in [-0.1, -0.05) is 45.4 Å². The first-order chi connectivity index (χ1) is 6.43. The summed E-state index contributed by atoms with van der Waals surface area (Å²) < 4.78 is 10.5. The van der Waals surface area contributed by atoms with Crippen LogP contribution in [0.3, 0.4) is 0 Å². The monoisotopic (exact) mass is 186 g/mol. The van der Waals surface area contributed by atoms with Crippen LogP contribution in [0.25, 0.3) is 0 Å². The molecule has 0 spiro atoms. The number of rotatable bonds is 7. The first-order valence-corrected chi connectivity index (χ1v) is 5.63. The van der Waals surface area contributed by atoms with Crippen molar-refractivity contribution in [3.8, 4) is 0 Å². The summed E-state index contributed by atoms with van der Waals surface area (Å²) in [5.74, 6) is 0. The van der Waals surface area contributed by atoms with Crippen molar-refractivity contribution in [3.05, 3.63) is 0 Å². The molecule has 1 unspecified atom stereocenters. The zero-order valence-corrected chi connectivity index (χ0v) is 8.76. The first kappa shape index (κ1) is 11.0. The molecule has 0 N–H and O–H groups in total. The van der Waals surface area contributed by atoms with Gasteiger partial charge in [0.2, 0.25) is 0 Å². The van der Waals surface area contributed by atoms with E-state index in [9.17, 15) is 0 Å². The number of unbranched alkanes of at least 4 members (excludes halogenated alkanes) is 5. The second kappa shape index (κ2) is 7.34. The standard InChI is InChI=1S/C11H22O2/c1-2-3-4-5-6-7-8-11-9-12-10-13-11/h11H,2-10H2,1H3. The smallest absolute Gasteiger partial charge is 0.147 e. The van der Waals surface area contributed by atoms with Gasteiger partial charge in [0, 0.05) is 0 Å². The minimum atomic E-state index is 0.395. The molecule has 2 nitrogen and oxygen atoms in total. The largest absolute Gasteiger partial charge is 0.353 e. The summed E-state index contributed by atoms with van der Waals surface area (Å²) in [6.45, 7) is 3.58. The van der Waals surface area contributed by atoms with E-state index < -0.39 is 0 Å². The molecule has 1 aliphatic heterocycles. The maximum atomic E-state index is 5.36. The molecule has 0 aromatic carbocycles. The lowest BCUT2D eigenvalue weighted by Gasteiger charge is -2.06. The van der Waals surface area contributed by atoms with Gasteiger partial charge in [0.15, 0.2) is 0 Å². The van der Waals surface area contributed by atoms with Crippen LogP contribution >= 0.6 is 0 Å². The molecular weight excluding hydrogens is 164 g/mol. The lowest BCUT2D eigenvalue weighted by atomic mass is 10.1. The summed E-state index contributed by atoms with van der Waals surface area (Å²) in [6, 6.07) is 0. The van der Waals surface area contributed by atoms with Crippen LogP contribution in [0.1, 0.15) is 51.9 Å². The molecule has 1 aliphatic rings. The molecule has 78 valence electrons. The van der Waals surface area contributed by atoms with Crippen LogP contribution in [0.4, 0.5) is 0 Å². The molecule has 1 saturated heterocycles. The predicted molar refractivity (Wildman–Crippen MR) is 53.7 cm³/mol. The van der Waals surface area contributed by atoms with Crippen LogP contribution in [0.5, 0.6) is 0 Å². The van der Waals surface area contributed by atoms with E-state index in [-0.39, 0.29) is 0 Å². The van der Waals surface area contributed by atoms with Gasteiger partial charge in [-0.15, -0.1) is 0 Å². The molecule has 0 saturated carbocycles. The highest BCUT2D eigenvalue weighted by Crippen LogP contribution is 2.13. The molecule has 0 aromatic heterocycles. The molecule has 2 heteroatoms. The molecule has 0 amide bonds. The van der Waals surface area contributed by atoms with Crippen molar-refractivity contribution >= 4 is 0 Å². The molecule has 1 fully saturated rings. The normalized spacial score (nSPS) is 22.4. The van der Waals surface area contributed by atoms with Gasteiger partial charge >= 0.3 is 0 Å². The zero-order chi connectivity index (χ0) is 9.36. The minimum absolute atomic E-state index is 0.395. The molecule has 1 atom stereocenters. The average Bonchev–Trinajstić information content (AvgIpc) is 2.63. The molecule has 1 rings (SSSR count). The van der Waals surface area contributed by atoms with E-state index >= 15 is 0 Å². The Labute approximate surface area is 81.6 Å².